The third-order valence-electron chi connectivity index (χ3n) is 6.00. The number of carbonyl (C=O) groups excluding carboxylic acids is 1. The molecule has 7 nitrogen and oxygen atoms in total. The Balaban J connectivity index is 1.79. The third kappa shape index (κ3) is 5.66. The average Bonchev–Trinajstić information content (AvgIpc) is 2.80. The van der Waals surface area contributed by atoms with E-state index >= 15 is 0 Å². The number of amides is 1. The lowest BCUT2D eigenvalue weighted by molar-refractivity contribution is 0.102. The smallest absolute Gasteiger partial charge is 0.257 e. The molecule has 0 radical (unpaired) electrons. The molecule has 0 atom stereocenters. The van der Waals surface area contributed by atoms with Crippen LogP contribution >= 0.6 is 0 Å². The van der Waals surface area contributed by atoms with Crippen molar-refractivity contribution < 1.29 is 17.9 Å². The van der Waals surface area contributed by atoms with Gasteiger partial charge in [-0.2, -0.15) is 4.31 Å². The van der Waals surface area contributed by atoms with Crippen LogP contribution in [0, 0.1) is 12.8 Å². The second kappa shape index (κ2) is 10.9. The molecule has 3 rings (SSSR count). The van der Waals surface area contributed by atoms with Crippen LogP contribution < -0.4 is 10.1 Å². The van der Waals surface area contributed by atoms with Gasteiger partial charge < -0.3 is 10.1 Å². The van der Waals surface area contributed by atoms with Gasteiger partial charge in [-0.15, -0.1) is 0 Å². The minimum absolute atomic E-state index is 0.103. The maximum atomic E-state index is 13.1. The molecule has 0 saturated heterocycles. The Morgan fingerprint density at radius 1 is 1.16 bits per heavy atom. The van der Waals surface area contributed by atoms with Crippen LogP contribution in [0.3, 0.4) is 0 Å². The molecule has 174 valence electrons. The fourth-order valence-corrected chi connectivity index (χ4v) is 5.54. The van der Waals surface area contributed by atoms with E-state index in [4.69, 9.17) is 4.74 Å². The molecule has 0 spiro atoms. The summed E-state index contributed by atoms with van der Waals surface area (Å²) in [7, 11) is -3.66. The van der Waals surface area contributed by atoms with Gasteiger partial charge in [0, 0.05) is 24.8 Å². The number of hydrogen-bond acceptors (Lipinski definition) is 5. The number of aromatic nitrogens is 1. The number of rotatable bonds is 9. The van der Waals surface area contributed by atoms with E-state index in [2.05, 4.69) is 10.3 Å². The van der Waals surface area contributed by atoms with Gasteiger partial charge in [-0.1, -0.05) is 39.2 Å². The van der Waals surface area contributed by atoms with Gasteiger partial charge in [0.2, 0.25) is 10.0 Å². The van der Waals surface area contributed by atoms with Gasteiger partial charge in [-0.25, -0.2) is 13.4 Å². The number of carbonyl (C=O) groups is 1. The monoisotopic (exact) mass is 459 g/mol. The van der Waals surface area contributed by atoms with Gasteiger partial charge in [0.15, 0.2) is 11.6 Å². The highest BCUT2D eigenvalue weighted by Crippen LogP contribution is 2.28. The first-order valence-electron chi connectivity index (χ1n) is 11.4. The summed E-state index contributed by atoms with van der Waals surface area (Å²) in [6.07, 6.45) is 7.67. The predicted molar refractivity (Wildman–Crippen MR) is 126 cm³/mol. The zero-order chi connectivity index (χ0) is 23.1. The number of pyridine rings is 1. The lowest BCUT2D eigenvalue weighted by Crippen LogP contribution is -2.30. The van der Waals surface area contributed by atoms with Gasteiger partial charge in [-0.3, -0.25) is 4.79 Å². The Labute approximate surface area is 191 Å². The SMILES string of the molecule is CCN(CC)S(=O)(=O)c1ccc(C)c(C(=O)Nc2ncccc2OCC2CCCCC2)c1. The normalized spacial score (nSPS) is 15.0. The molecule has 1 N–H and O–H groups in total. The minimum atomic E-state index is -3.66. The van der Waals surface area contributed by atoms with E-state index in [0.717, 1.165) is 12.8 Å². The van der Waals surface area contributed by atoms with Crippen LogP contribution in [0.25, 0.3) is 0 Å². The first-order chi connectivity index (χ1) is 15.4. The van der Waals surface area contributed by atoms with Crippen molar-refractivity contribution in [1.82, 2.24) is 9.29 Å². The number of benzene rings is 1. The summed E-state index contributed by atoms with van der Waals surface area (Å²) in [4.78, 5) is 17.4. The highest BCUT2D eigenvalue weighted by molar-refractivity contribution is 7.89. The average molecular weight is 460 g/mol. The van der Waals surface area contributed by atoms with Crippen molar-refractivity contribution in [3.05, 3.63) is 47.7 Å². The van der Waals surface area contributed by atoms with Crippen LogP contribution in [0.4, 0.5) is 5.82 Å². The molecule has 1 aliphatic rings. The number of anilines is 1. The van der Waals surface area contributed by atoms with Crippen molar-refractivity contribution in [3.8, 4) is 5.75 Å². The molecule has 1 aromatic heterocycles. The first kappa shape index (κ1) is 24.2. The summed E-state index contributed by atoms with van der Waals surface area (Å²) in [5, 5.41) is 2.81. The summed E-state index contributed by atoms with van der Waals surface area (Å²) in [5.41, 5.74) is 0.976. The lowest BCUT2D eigenvalue weighted by Gasteiger charge is -2.22. The summed E-state index contributed by atoms with van der Waals surface area (Å²) in [5.74, 6) is 0.970. The van der Waals surface area contributed by atoms with E-state index in [1.807, 2.05) is 0 Å². The Morgan fingerprint density at radius 3 is 2.56 bits per heavy atom. The molecular formula is C24H33N3O4S. The number of aryl methyl sites for hydroxylation is 1. The molecule has 32 heavy (non-hydrogen) atoms. The van der Waals surface area contributed by atoms with Crippen molar-refractivity contribution in [2.24, 2.45) is 5.92 Å². The molecule has 0 unspecified atom stereocenters. The van der Waals surface area contributed by atoms with Gasteiger partial charge >= 0.3 is 0 Å². The largest absolute Gasteiger partial charge is 0.489 e. The molecule has 1 amide bonds. The van der Waals surface area contributed by atoms with Gasteiger partial charge in [0.1, 0.15) is 0 Å². The van der Waals surface area contributed by atoms with Gasteiger partial charge in [-0.05, 0) is 55.5 Å². The summed E-state index contributed by atoms with van der Waals surface area (Å²) >= 11 is 0. The van der Waals surface area contributed by atoms with Gasteiger partial charge in [0.05, 0.1) is 11.5 Å². The highest BCUT2D eigenvalue weighted by atomic mass is 32.2. The Kier molecular flexibility index (Phi) is 8.26. The number of nitrogens with one attached hydrogen (secondary N) is 1. The Bertz CT molecular complexity index is 1030. The second-order valence-corrected chi connectivity index (χ2v) is 10.1. The standard InChI is InChI=1S/C24H33N3O4S/c1-4-27(5-2)32(29,30)20-14-13-18(3)21(16-20)24(28)26-23-22(12-9-15-25-23)31-17-19-10-7-6-8-11-19/h9,12-16,19H,4-8,10-11,17H2,1-3H3,(H,25,26,28). The van der Waals surface area contributed by atoms with Gasteiger partial charge in [0.25, 0.3) is 5.91 Å². The zero-order valence-electron chi connectivity index (χ0n) is 19.1. The van der Waals surface area contributed by atoms with Crippen molar-refractivity contribution in [1.29, 1.82) is 0 Å². The number of hydrogen-bond donors (Lipinski definition) is 1. The van der Waals surface area contributed by atoms with Crippen LogP contribution in [-0.4, -0.2) is 43.3 Å². The molecule has 8 heteroatoms. The van der Waals surface area contributed by atoms with Crippen LogP contribution in [-0.2, 0) is 10.0 Å². The zero-order valence-corrected chi connectivity index (χ0v) is 20.0. The fourth-order valence-electron chi connectivity index (χ4n) is 4.06. The van der Waals surface area contributed by atoms with Crippen molar-refractivity contribution in [3.63, 3.8) is 0 Å². The minimum Gasteiger partial charge on any atom is -0.489 e. The maximum Gasteiger partial charge on any atom is 0.257 e. The van der Waals surface area contributed by atoms with Crippen LogP contribution in [0.5, 0.6) is 5.75 Å². The molecule has 2 aromatic rings. The van der Waals surface area contributed by atoms with E-state index in [-0.39, 0.29) is 4.90 Å². The molecule has 1 aliphatic carbocycles. The van der Waals surface area contributed by atoms with E-state index < -0.39 is 15.9 Å². The predicted octanol–water partition coefficient (Wildman–Crippen LogP) is 4.63. The molecule has 0 aliphatic heterocycles. The quantitative estimate of drug-likeness (QED) is 0.590. The summed E-state index contributed by atoms with van der Waals surface area (Å²) < 4.78 is 33.2. The first-order valence-corrected chi connectivity index (χ1v) is 12.8. The van der Waals surface area contributed by atoms with E-state index in [9.17, 15) is 13.2 Å². The molecule has 1 aromatic carbocycles. The van der Waals surface area contributed by atoms with Crippen LogP contribution in [0.15, 0.2) is 41.4 Å². The molecule has 0 bridgehead atoms. The Hall–Kier alpha value is -2.45. The van der Waals surface area contributed by atoms with E-state index in [1.54, 1.807) is 51.2 Å². The number of nitrogens with zero attached hydrogens (tertiary/aromatic N) is 2. The van der Waals surface area contributed by atoms with Crippen LogP contribution in [0.2, 0.25) is 0 Å². The van der Waals surface area contributed by atoms with E-state index in [1.165, 1.54) is 29.6 Å². The van der Waals surface area contributed by atoms with Crippen molar-refractivity contribution in [2.75, 3.05) is 25.0 Å². The molecule has 1 heterocycles. The third-order valence-corrected chi connectivity index (χ3v) is 8.04. The van der Waals surface area contributed by atoms with Crippen LogP contribution in [0.1, 0.15) is 61.9 Å². The number of ether oxygens (including phenoxy) is 1. The fraction of sp³-hybridized carbons (Fsp3) is 0.500. The second-order valence-electron chi connectivity index (χ2n) is 8.19. The molecular weight excluding hydrogens is 426 g/mol. The lowest BCUT2D eigenvalue weighted by atomic mass is 9.90. The topological polar surface area (TPSA) is 88.6 Å². The van der Waals surface area contributed by atoms with Crippen molar-refractivity contribution >= 4 is 21.7 Å². The van der Waals surface area contributed by atoms with E-state index in [0.29, 0.717) is 48.3 Å². The molecule has 1 saturated carbocycles. The Morgan fingerprint density at radius 2 is 1.88 bits per heavy atom. The summed E-state index contributed by atoms with van der Waals surface area (Å²) in [6.45, 7) is 6.69. The summed E-state index contributed by atoms with van der Waals surface area (Å²) in [6, 6.07) is 8.20. The highest BCUT2D eigenvalue weighted by Gasteiger charge is 2.24. The molecule has 1 fully saturated rings. The van der Waals surface area contributed by atoms with Crippen molar-refractivity contribution in [2.45, 2.75) is 57.8 Å². The number of sulfonamides is 1. The maximum absolute atomic E-state index is 13.1.